The zero-order valence-corrected chi connectivity index (χ0v) is 15.6. The van der Waals surface area contributed by atoms with E-state index in [4.69, 9.17) is 4.74 Å². The summed E-state index contributed by atoms with van der Waals surface area (Å²) >= 11 is 0. The van der Waals surface area contributed by atoms with Crippen LogP contribution in [0.5, 0.6) is 0 Å². The molecule has 138 valence electrons. The van der Waals surface area contributed by atoms with E-state index in [0.29, 0.717) is 5.56 Å². The van der Waals surface area contributed by atoms with E-state index in [-0.39, 0.29) is 10.5 Å². The number of rotatable bonds is 4. The lowest BCUT2D eigenvalue weighted by Crippen LogP contribution is -2.49. The van der Waals surface area contributed by atoms with Gasteiger partial charge in [0.25, 0.3) is 5.91 Å². The van der Waals surface area contributed by atoms with E-state index in [1.165, 1.54) is 18.2 Å². The second kappa shape index (κ2) is 7.64. The number of hydrogen-bond acceptors (Lipinski definition) is 6. The van der Waals surface area contributed by atoms with Crippen LogP contribution in [0.4, 0.5) is 4.79 Å². The zero-order valence-electron chi connectivity index (χ0n) is 14.8. The lowest BCUT2D eigenvalue weighted by atomic mass is 10.1. The van der Waals surface area contributed by atoms with Crippen LogP contribution in [0.2, 0.25) is 0 Å². The Labute approximate surface area is 146 Å². The molecule has 1 aromatic carbocycles. The Morgan fingerprint density at radius 2 is 1.76 bits per heavy atom. The molecule has 0 spiro atoms. The standard InChI is InChI=1S/C16H22N2O6S/c1-10-6-7-11(25(5,22)23)8-12(10)14(20)24-9-13(19)17-15(21)18-16(2,3)4/h6-8H,9H2,1-5H3,(H2,17,18,19,21). The van der Waals surface area contributed by atoms with Gasteiger partial charge < -0.3 is 10.1 Å². The molecule has 2 N–H and O–H groups in total. The van der Waals surface area contributed by atoms with Crippen molar-refractivity contribution in [2.24, 2.45) is 0 Å². The zero-order chi connectivity index (χ0) is 19.4. The largest absolute Gasteiger partial charge is 0.452 e. The summed E-state index contributed by atoms with van der Waals surface area (Å²) in [4.78, 5) is 35.2. The van der Waals surface area contributed by atoms with Crippen LogP contribution >= 0.6 is 0 Å². The van der Waals surface area contributed by atoms with Crippen LogP contribution in [0.15, 0.2) is 23.1 Å². The lowest BCUT2D eigenvalue weighted by Gasteiger charge is -2.20. The highest BCUT2D eigenvalue weighted by Crippen LogP contribution is 2.16. The topological polar surface area (TPSA) is 119 Å². The van der Waals surface area contributed by atoms with Crippen molar-refractivity contribution in [3.05, 3.63) is 29.3 Å². The van der Waals surface area contributed by atoms with Gasteiger partial charge in [0, 0.05) is 11.8 Å². The van der Waals surface area contributed by atoms with Gasteiger partial charge in [-0.3, -0.25) is 10.1 Å². The number of hydrogen-bond donors (Lipinski definition) is 2. The molecule has 3 amide bonds. The molecule has 1 aromatic rings. The van der Waals surface area contributed by atoms with Crippen LogP contribution in [-0.2, 0) is 19.4 Å². The average molecular weight is 370 g/mol. The van der Waals surface area contributed by atoms with Crippen molar-refractivity contribution < 1.29 is 27.5 Å². The van der Waals surface area contributed by atoms with Crippen LogP contribution in [0.3, 0.4) is 0 Å². The van der Waals surface area contributed by atoms with Crippen molar-refractivity contribution in [1.82, 2.24) is 10.6 Å². The third-order valence-electron chi connectivity index (χ3n) is 2.93. The van der Waals surface area contributed by atoms with Crippen molar-refractivity contribution in [2.75, 3.05) is 12.9 Å². The molecule has 0 atom stereocenters. The van der Waals surface area contributed by atoms with Gasteiger partial charge in [-0.25, -0.2) is 18.0 Å². The van der Waals surface area contributed by atoms with Crippen molar-refractivity contribution >= 4 is 27.7 Å². The minimum Gasteiger partial charge on any atom is -0.452 e. The number of benzene rings is 1. The minimum absolute atomic E-state index is 0.0287. The van der Waals surface area contributed by atoms with E-state index < -0.39 is 39.9 Å². The molecule has 0 radical (unpaired) electrons. The van der Waals surface area contributed by atoms with Gasteiger partial charge in [-0.1, -0.05) is 6.07 Å². The van der Waals surface area contributed by atoms with E-state index >= 15 is 0 Å². The molecule has 0 fully saturated rings. The van der Waals surface area contributed by atoms with Crippen molar-refractivity contribution in [3.8, 4) is 0 Å². The van der Waals surface area contributed by atoms with Crippen LogP contribution < -0.4 is 10.6 Å². The fourth-order valence-corrected chi connectivity index (χ4v) is 2.44. The molecule has 0 unspecified atom stereocenters. The maximum atomic E-state index is 12.1. The Bertz CT molecular complexity index is 793. The van der Waals surface area contributed by atoms with Crippen LogP contribution in [-0.4, -0.2) is 44.7 Å². The maximum Gasteiger partial charge on any atom is 0.338 e. The van der Waals surface area contributed by atoms with E-state index in [2.05, 4.69) is 5.32 Å². The highest BCUT2D eigenvalue weighted by Gasteiger charge is 2.19. The summed E-state index contributed by atoms with van der Waals surface area (Å²) in [6, 6.07) is 3.34. The summed E-state index contributed by atoms with van der Waals surface area (Å²) in [5.41, 5.74) is 0.0164. The summed E-state index contributed by atoms with van der Waals surface area (Å²) in [5.74, 6) is -1.65. The molecular formula is C16H22N2O6S. The van der Waals surface area contributed by atoms with Crippen molar-refractivity contribution in [3.63, 3.8) is 0 Å². The summed E-state index contributed by atoms with van der Waals surface area (Å²) in [7, 11) is -3.48. The quantitative estimate of drug-likeness (QED) is 0.768. The fraction of sp³-hybridized carbons (Fsp3) is 0.438. The SMILES string of the molecule is Cc1ccc(S(C)(=O)=O)cc1C(=O)OCC(=O)NC(=O)NC(C)(C)C. The third-order valence-corrected chi connectivity index (χ3v) is 4.04. The number of nitrogens with one attached hydrogen (secondary N) is 2. The van der Waals surface area contributed by atoms with Gasteiger partial charge >= 0.3 is 12.0 Å². The summed E-state index contributed by atoms with van der Waals surface area (Å²) in [6.07, 6.45) is 1.02. The number of ether oxygens (including phenoxy) is 1. The molecule has 1 rings (SSSR count). The second-order valence-electron chi connectivity index (χ2n) is 6.58. The van der Waals surface area contributed by atoms with Gasteiger partial charge in [0.2, 0.25) is 0 Å². The molecule has 0 heterocycles. The molecular weight excluding hydrogens is 348 g/mol. The Morgan fingerprint density at radius 1 is 1.16 bits per heavy atom. The molecule has 0 aromatic heterocycles. The van der Waals surface area contributed by atoms with Crippen LogP contribution in [0.25, 0.3) is 0 Å². The first-order valence-corrected chi connectivity index (χ1v) is 9.28. The molecule has 0 saturated heterocycles. The number of imide groups is 1. The van der Waals surface area contributed by atoms with Gasteiger partial charge in [-0.2, -0.15) is 0 Å². The number of aryl methyl sites for hydroxylation is 1. The lowest BCUT2D eigenvalue weighted by molar-refractivity contribution is -0.123. The normalized spacial score (nSPS) is 11.6. The Kier molecular flexibility index (Phi) is 6.31. The minimum atomic E-state index is -3.48. The molecule has 0 saturated carbocycles. The third kappa shape index (κ3) is 6.92. The predicted molar refractivity (Wildman–Crippen MR) is 91.0 cm³/mol. The number of amides is 3. The Balaban J connectivity index is 2.71. The number of carbonyl (C=O) groups excluding carboxylic acids is 3. The van der Waals surface area contributed by atoms with Gasteiger partial charge in [-0.05, 0) is 45.4 Å². The van der Waals surface area contributed by atoms with Gasteiger partial charge in [0.15, 0.2) is 16.4 Å². The van der Waals surface area contributed by atoms with E-state index in [0.717, 1.165) is 6.26 Å². The van der Waals surface area contributed by atoms with Crippen molar-refractivity contribution in [2.45, 2.75) is 38.1 Å². The number of esters is 1. The average Bonchev–Trinajstić information content (AvgIpc) is 2.41. The maximum absolute atomic E-state index is 12.1. The summed E-state index contributed by atoms with van der Waals surface area (Å²) < 4.78 is 28.0. The number of urea groups is 1. The molecule has 0 aliphatic rings. The first-order chi connectivity index (χ1) is 11.3. The molecule has 0 bridgehead atoms. The monoisotopic (exact) mass is 370 g/mol. The highest BCUT2D eigenvalue weighted by atomic mass is 32.2. The summed E-state index contributed by atoms with van der Waals surface area (Å²) in [6.45, 7) is 6.18. The fourth-order valence-electron chi connectivity index (χ4n) is 1.80. The predicted octanol–water partition coefficient (Wildman–Crippen LogP) is 1.18. The van der Waals surface area contributed by atoms with E-state index in [1.54, 1.807) is 27.7 Å². The van der Waals surface area contributed by atoms with Crippen LogP contribution in [0.1, 0.15) is 36.7 Å². The molecule has 0 aliphatic carbocycles. The molecule has 0 aliphatic heterocycles. The van der Waals surface area contributed by atoms with E-state index in [9.17, 15) is 22.8 Å². The first-order valence-electron chi connectivity index (χ1n) is 7.39. The molecule has 8 nitrogen and oxygen atoms in total. The van der Waals surface area contributed by atoms with E-state index in [1.807, 2.05) is 5.32 Å². The van der Waals surface area contributed by atoms with Crippen LogP contribution in [0, 0.1) is 6.92 Å². The van der Waals surface area contributed by atoms with Crippen molar-refractivity contribution in [1.29, 1.82) is 0 Å². The number of carbonyl (C=O) groups is 3. The second-order valence-corrected chi connectivity index (χ2v) is 8.59. The Hall–Kier alpha value is -2.42. The molecule has 25 heavy (non-hydrogen) atoms. The first kappa shape index (κ1) is 20.6. The Morgan fingerprint density at radius 3 is 2.28 bits per heavy atom. The molecule has 9 heteroatoms. The summed E-state index contributed by atoms with van der Waals surface area (Å²) in [5, 5.41) is 4.56. The smallest absolute Gasteiger partial charge is 0.338 e. The van der Waals surface area contributed by atoms with Gasteiger partial charge in [-0.15, -0.1) is 0 Å². The number of sulfone groups is 1. The van der Waals surface area contributed by atoms with Gasteiger partial charge in [0.05, 0.1) is 10.5 Å². The van der Waals surface area contributed by atoms with Gasteiger partial charge in [0.1, 0.15) is 0 Å². The highest BCUT2D eigenvalue weighted by molar-refractivity contribution is 7.90.